The van der Waals surface area contributed by atoms with Crippen molar-refractivity contribution in [2.75, 3.05) is 51.5 Å². The summed E-state index contributed by atoms with van der Waals surface area (Å²) in [5.41, 5.74) is 5.10. The number of hydrogen-bond acceptors (Lipinski definition) is 26. The fourth-order valence-electron chi connectivity index (χ4n) is 11.9. The number of Topliss-reactive ketones (excluding diaryl/α,β-unsaturated/α-hetero) is 3. The van der Waals surface area contributed by atoms with Gasteiger partial charge in [0.15, 0.2) is 17.7 Å². The van der Waals surface area contributed by atoms with E-state index in [1.165, 1.54) is 24.4 Å². The Morgan fingerprint density at radius 2 is 1.45 bits per heavy atom. The maximum absolute atomic E-state index is 15.2. The molecule has 1 fully saturated rings. The Labute approximate surface area is 613 Å². The second kappa shape index (κ2) is 46.9. The number of aliphatic hydroxyl groups excluding tert-OH is 5. The van der Waals surface area contributed by atoms with Crippen LogP contribution in [0.2, 0.25) is 0 Å². The average molecular weight is 1510 g/mol. The zero-order valence-electron chi connectivity index (χ0n) is 60.6. The minimum Gasteiger partial charge on any atom is -0.508 e. The Morgan fingerprint density at radius 1 is 0.767 bits per heavy atom. The number of aromatic hydroxyl groups is 1. The summed E-state index contributed by atoms with van der Waals surface area (Å²) in [6.07, 6.45) is -7.89. The summed E-state index contributed by atoms with van der Waals surface area (Å²) in [7, 11) is 4.02. The number of carbonyl (C=O) groups excluding carboxylic acids is 10. The third-order valence-electron chi connectivity index (χ3n) is 18.3. The lowest BCUT2D eigenvalue weighted by molar-refractivity contribution is -0.152. The van der Waals surface area contributed by atoms with Gasteiger partial charge in [-0.1, -0.05) is 102 Å². The fraction of sp³-hybridized carbons (Fsp3) is 0.700. The number of thiazole rings is 1. The van der Waals surface area contributed by atoms with E-state index in [2.05, 4.69) is 31.8 Å². The van der Waals surface area contributed by atoms with E-state index in [1.54, 1.807) is 26.0 Å². The van der Waals surface area contributed by atoms with Crippen molar-refractivity contribution in [3.05, 3.63) is 45.9 Å². The molecule has 1 aromatic heterocycles. The van der Waals surface area contributed by atoms with Crippen molar-refractivity contribution in [2.24, 2.45) is 53.3 Å². The fourth-order valence-corrected chi connectivity index (χ4v) is 14.8. The molecule has 580 valence electrons. The molecule has 0 aliphatic carbocycles. The van der Waals surface area contributed by atoms with Crippen LogP contribution < -0.4 is 26.8 Å². The molecule has 0 saturated carbocycles. The number of rotatable bonds is 49. The topological polar surface area (TPSA) is 471 Å². The van der Waals surface area contributed by atoms with Crippen LogP contribution in [-0.2, 0) is 68.6 Å². The number of likely N-dealkylation sites (N-methyl/N-ethyl adjacent to an activating group) is 1. The number of hydrazine groups is 1. The number of phenolic OH excluding ortho intramolecular Hbond substituents is 1. The maximum Gasteiger partial charge on any atom is 0.426 e. The molecule has 1 aliphatic rings. The Kier molecular flexibility index (Phi) is 41.1. The van der Waals surface area contributed by atoms with Gasteiger partial charge in [0.2, 0.25) is 17.7 Å². The van der Waals surface area contributed by atoms with E-state index in [0.29, 0.717) is 18.4 Å². The van der Waals surface area contributed by atoms with Crippen molar-refractivity contribution < 1.29 is 113 Å². The highest BCUT2D eigenvalue weighted by Gasteiger charge is 2.42. The number of ketones is 3. The zero-order chi connectivity index (χ0) is 77.2. The predicted molar refractivity (Wildman–Crippen MR) is 382 cm³/mol. The van der Waals surface area contributed by atoms with Gasteiger partial charge >= 0.3 is 30.0 Å². The summed E-state index contributed by atoms with van der Waals surface area (Å²) in [5, 5.41) is 87.6. The van der Waals surface area contributed by atoms with Crippen LogP contribution in [0.15, 0.2) is 29.6 Å². The summed E-state index contributed by atoms with van der Waals surface area (Å²) in [5.74, 6) is -13.3. The molecule has 0 spiro atoms. The van der Waals surface area contributed by atoms with Gasteiger partial charge in [-0.05, 0) is 106 Å². The lowest BCUT2D eigenvalue weighted by Gasteiger charge is -2.36. The number of carbonyl (C=O) groups is 12. The Balaban J connectivity index is 1.70. The highest BCUT2D eigenvalue weighted by Crippen LogP contribution is 2.39. The van der Waals surface area contributed by atoms with Gasteiger partial charge in [0, 0.05) is 86.3 Å². The van der Waals surface area contributed by atoms with Crippen molar-refractivity contribution in [1.29, 1.82) is 0 Å². The number of aliphatic carboxylic acids is 2. The first kappa shape index (κ1) is 90.4. The number of piperidine rings is 1. The minimum absolute atomic E-state index is 0.000180. The number of hydrogen-bond donors (Lipinski definition) is 13. The van der Waals surface area contributed by atoms with Crippen LogP contribution in [0.4, 0.5) is 4.79 Å². The van der Waals surface area contributed by atoms with Crippen LogP contribution in [0.3, 0.4) is 0 Å². The van der Waals surface area contributed by atoms with Gasteiger partial charge in [0.05, 0.1) is 36.6 Å². The molecule has 30 nitrogen and oxygen atoms in total. The molecule has 3 rings (SSSR count). The first-order valence-corrected chi connectivity index (χ1v) is 38.5. The molecule has 103 heavy (non-hydrogen) atoms. The SMILES string of the molecule is CCC(C)[C@H](CC(=O)[C@H]1CCCCN1C)C(=O)C(COC(=O)CC(C)C)[C@H](C[C@@H](OC(C)=O)c1nc(C(=O)N[C@@H](Cc2ccc(O)cc2)C[C@H](C)C(=O)NNC(=O)OCCSSC[C@H](CC(=O)[C@H](CCC(=O)NC[C@H](O)[C@@H](O)[C@H](O)[C@H](O)CO)NC(=O)[C@@H](CC)CCC(=O)O)C(=O)O)cs1)C(C)C. The summed E-state index contributed by atoms with van der Waals surface area (Å²) in [6.45, 7) is 14.6. The first-order valence-electron chi connectivity index (χ1n) is 35.1. The number of likely N-dealkylation sites (tertiary alicyclic amines) is 1. The van der Waals surface area contributed by atoms with E-state index >= 15 is 4.79 Å². The van der Waals surface area contributed by atoms with Crippen LogP contribution in [0.5, 0.6) is 5.75 Å². The Hall–Kier alpha value is -6.85. The normalized spacial score (nSPS) is 17.4. The van der Waals surface area contributed by atoms with Crippen molar-refractivity contribution in [1.82, 2.24) is 36.7 Å². The largest absolute Gasteiger partial charge is 0.508 e. The van der Waals surface area contributed by atoms with Crippen molar-refractivity contribution in [3.63, 3.8) is 0 Å². The Morgan fingerprint density at radius 3 is 2.05 bits per heavy atom. The third-order valence-corrected chi connectivity index (χ3v) is 21.7. The number of benzene rings is 1. The number of carboxylic acids is 2. The summed E-state index contributed by atoms with van der Waals surface area (Å²) in [6, 6.07) is 3.69. The van der Waals surface area contributed by atoms with Crippen LogP contribution in [0, 0.1) is 53.3 Å². The molecular formula is C70H109N7O23S3. The minimum atomic E-state index is -1.98. The van der Waals surface area contributed by atoms with Crippen LogP contribution >= 0.6 is 32.9 Å². The monoisotopic (exact) mass is 1510 g/mol. The molecular weight excluding hydrogens is 1400 g/mol. The molecule has 0 bridgehead atoms. The molecule has 1 aromatic carbocycles. The molecule has 1 saturated heterocycles. The lowest BCUT2D eigenvalue weighted by atomic mass is 9.71. The number of nitrogens with one attached hydrogen (secondary N) is 5. The van der Waals surface area contributed by atoms with E-state index in [9.17, 15) is 88.5 Å². The second-order valence-corrected chi connectivity index (χ2v) is 30.8. The number of carboxylic acid groups (broad SMARTS) is 2. The molecule has 2 heterocycles. The van der Waals surface area contributed by atoms with E-state index in [1.807, 2.05) is 53.5 Å². The molecule has 0 radical (unpaired) electrons. The van der Waals surface area contributed by atoms with Crippen molar-refractivity contribution in [3.8, 4) is 5.75 Å². The molecule has 5 amide bonds. The molecule has 33 heteroatoms. The summed E-state index contributed by atoms with van der Waals surface area (Å²) >= 11 is 1.05. The van der Waals surface area contributed by atoms with E-state index in [4.69, 9.17) is 19.3 Å². The van der Waals surface area contributed by atoms with Crippen LogP contribution in [0.25, 0.3) is 0 Å². The van der Waals surface area contributed by atoms with Gasteiger partial charge in [-0.3, -0.25) is 63.1 Å². The quantitative estimate of drug-likeness (QED) is 0.0138. The number of esters is 2. The maximum atomic E-state index is 15.2. The van der Waals surface area contributed by atoms with Crippen LogP contribution in [-0.4, -0.2) is 216 Å². The van der Waals surface area contributed by atoms with Gasteiger partial charge in [-0.25, -0.2) is 15.2 Å². The molecule has 2 unspecified atom stereocenters. The van der Waals surface area contributed by atoms with Gasteiger partial charge in [0.1, 0.15) is 53.8 Å². The van der Waals surface area contributed by atoms with E-state index < -0.39 is 163 Å². The summed E-state index contributed by atoms with van der Waals surface area (Å²) in [4.78, 5) is 166. The molecule has 1 aliphatic heterocycles. The molecule has 2 aromatic rings. The molecule has 13 N–H and O–H groups in total. The average Bonchev–Trinajstić information content (AvgIpc) is 1.80. The zero-order valence-corrected chi connectivity index (χ0v) is 63.0. The smallest absolute Gasteiger partial charge is 0.426 e. The predicted octanol–water partition coefficient (Wildman–Crippen LogP) is 4.87. The Bertz CT molecular complexity index is 3070. The third kappa shape index (κ3) is 32.6. The number of ether oxygens (including phenoxy) is 3. The van der Waals surface area contributed by atoms with E-state index in [0.717, 1.165) is 52.3 Å². The first-order chi connectivity index (χ1) is 48.6. The summed E-state index contributed by atoms with van der Waals surface area (Å²) < 4.78 is 17.0. The highest BCUT2D eigenvalue weighted by molar-refractivity contribution is 8.76. The number of amides is 5. The highest BCUT2D eigenvalue weighted by atomic mass is 33.1. The number of phenols is 1. The number of nitrogens with zero attached hydrogens (tertiary/aromatic N) is 2. The lowest BCUT2D eigenvalue weighted by Crippen LogP contribution is -2.50. The van der Waals surface area contributed by atoms with Gasteiger partial charge in [-0.2, -0.15) is 0 Å². The van der Waals surface area contributed by atoms with Crippen molar-refractivity contribution in [2.45, 2.75) is 207 Å². The van der Waals surface area contributed by atoms with Gasteiger partial charge < -0.3 is 71.0 Å². The van der Waals surface area contributed by atoms with Gasteiger partial charge in [-0.15, -0.1) is 11.3 Å². The van der Waals surface area contributed by atoms with Gasteiger partial charge in [0.25, 0.3) is 5.91 Å². The number of aromatic nitrogens is 1. The standard InChI is InChI=1S/C70H109N7O23S3/c1-11-40(7)49(31-55(82)53-15-13-14-24-77(53)10)62(89)50(35-99-61(88)27-38(3)4)48(39(5)6)32-58(100-42(9)79)68-74-52(37-101-68)67(94)72-46(29-43-16-19-47(80)20-17-43)28-41(8)65(92)75-76-70(97)98-25-26-102-103-36-45(69(95)96)30-54(81)51(73-66(93)44(12-2)18-23-60(86)87)21-22-59(85)71-33-56(83)63(90)64(91)57(84)34-78/h16-17,19-20,37-41,44-46,48-51,53,56-58,63-64,78,80,83-84,90-91H,11-15,18,21-36H2,1-10H3,(H,71,85)(H,72,94)(H,73,93)(H,75,92)(H,76,97)(H,86,87)(H,95,96)/t40?,41-,44-,45-,46+,48+,49-,50?,51-,53+,56-,57+,58+,63+,64+/m0/s1. The van der Waals surface area contributed by atoms with Crippen molar-refractivity contribution >= 4 is 104 Å². The van der Waals surface area contributed by atoms with E-state index in [-0.39, 0.29) is 134 Å². The van der Waals surface area contributed by atoms with Crippen LogP contribution in [0.1, 0.15) is 179 Å². The molecule has 15 atom stereocenters. The number of aliphatic hydroxyl groups is 5. The second-order valence-electron chi connectivity index (χ2n) is 27.2.